The molecule has 0 radical (unpaired) electrons. The standard InChI is InChI=1S/C25H26N6O3/c1-25(2,14-32-3)31-13-17(12-27-31)16-10-19-22-21(11-16)33-8-4-7-30(22)23(28-19)15-5-6-20-18(9-15)29-24(26)34-20/h5-6,9-13H,4,7-8,14H2,1-3H3,(H2,26,29). The Labute approximate surface area is 196 Å². The molecule has 2 N–H and O–H groups in total. The first-order chi connectivity index (χ1) is 16.4. The maximum atomic E-state index is 6.17. The molecule has 4 heterocycles. The van der Waals surface area contributed by atoms with E-state index in [2.05, 4.69) is 40.6 Å². The molecule has 0 unspecified atom stereocenters. The first-order valence-corrected chi connectivity index (χ1v) is 11.3. The number of hydrogen-bond donors (Lipinski definition) is 1. The van der Waals surface area contributed by atoms with Gasteiger partial charge < -0.3 is 24.2 Å². The second-order valence-electron chi connectivity index (χ2n) is 9.28. The van der Waals surface area contributed by atoms with Crippen LogP contribution in [0.2, 0.25) is 0 Å². The van der Waals surface area contributed by atoms with E-state index in [0.29, 0.717) is 24.3 Å². The SMILES string of the molecule is COCC(C)(C)n1cc(-c2cc3c4c(c2)nc(-c2ccc5oc(N)nc5c2)n4CCCO3)cn1. The van der Waals surface area contributed by atoms with Gasteiger partial charge in [0.25, 0.3) is 6.01 Å². The third kappa shape index (κ3) is 3.31. The van der Waals surface area contributed by atoms with Crippen molar-refractivity contribution in [2.45, 2.75) is 32.4 Å². The van der Waals surface area contributed by atoms with Gasteiger partial charge in [0.2, 0.25) is 0 Å². The Morgan fingerprint density at radius 2 is 1.94 bits per heavy atom. The Morgan fingerprint density at radius 1 is 1.09 bits per heavy atom. The van der Waals surface area contributed by atoms with E-state index in [1.807, 2.05) is 35.3 Å². The largest absolute Gasteiger partial charge is 0.491 e. The highest BCUT2D eigenvalue weighted by molar-refractivity contribution is 5.91. The van der Waals surface area contributed by atoms with Crippen molar-refractivity contribution in [3.63, 3.8) is 0 Å². The van der Waals surface area contributed by atoms with Gasteiger partial charge in [-0.1, -0.05) is 0 Å². The minimum absolute atomic E-state index is 0.160. The van der Waals surface area contributed by atoms with E-state index in [1.165, 1.54) is 0 Å². The van der Waals surface area contributed by atoms with E-state index < -0.39 is 0 Å². The highest BCUT2D eigenvalue weighted by atomic mass is 16.5. The van der Waals surface area contributed by atoms with Crippen LogP contribution in [-0.2, 0) is 16.8 Å². The third-order valence-electron chi connectivity index (χ3n) is 6.29. The van der Waals surface area contributed by atoms with Crippen LogP contribution >= 0.6 is 0 Å². The number of hydrogen-bond acceptors (Lipinski definition) is 7. The summed E-state index contributed by atoms with van der Waals surface area (Å²) in [6, 6.07) is 10.2. The highest BCUT2D eigenvalue weighted by Crippen LogP contribution is 2.38. The molecule has 0 saturated heterocycles. The number of anilines is 1. The van der Waals surface area contributed by atoms with E-state index in [9.17, 15) is 0 Å². The summed E-state index contributed by atoms with van der Waals surface area (Å²) in [5.74, 6) is 1.71. The van der Waals surface area contributed by atoms with Crippen LogP contribution in [0, 0.1) is 0 Å². The summed E-state index contributed by atoms with van der Waals surface area (Å²) >= 11 is 0. The third-order valence-corrected chi connectivity index (χ3v) is 6.29. The van der Waals surface area contributed by atoms with E-state index in [4.69, 9.17) is 24.6 Å². The maximum Gasteiger partial charge on any atom is 0.292 e. The average molecular weight is 459 g/mol. The van der Waals surface area contributed by atoms with Crippen LogP contribution in [0.4, 0.5) is 6.01 Å². The number of oxazole rings is 1. The molecule has 1 aliphatic heterocycles. The number of aryl methyl sites for hydroxylation is 1. The zero-order chi connectivity index (χ0) is 23.4. The molecule has 0 aliphatic carbocycles. The Kier molecular flexibility index (Phi) is 4.63. The summed E-state index contributed by atoms with van der Waals surface area (Å²) in [4.78, 5) is 9.31. The molecule has 5 aromatic rings. The molecule has 34 heavy (non-hydrogen) atoms. The van der Waals surface area contributed by atoms with Crippen LogP contribution in [0.1, 0.15) is 20.3 Å². The van der Waals surface area contributed by atoms with Gasteiger partial charge in [0.15, 0.2) is 5.58 Å². The topological polar surface area (TPSA) is 106 Å². The number of benzene rings is 2. The van der Waals surface area contributed by atoms with Crippen LogP contribution in [0.25, 0.3) is 44.6 Å². The quantitative estimate of drug-likeness (QED) is 0.415. The predicted octanol–water partition coefficient (Wildman–Crippen LogP) is 4.45. The molecule has 0 fully saturated rings. The van der Waals surface area contributed by atoms with Crippen molar-refractivity contribution in [2.75, 3.05) is 26.1 Å². The van der Waals surface area contributed by atoms with E-state index in [-0.39, 0.29) is 11.6 Å². The molecular formula is C25H26N6O3. The summed E-state index contributed by atoms with van der Waals surface area (Å²) in [6.07, 6.45) is 4.82. The van der Waals surface area contributed by atoms with Crippen LogP contribution in [0.15, 0.2) is 47.1 Å². The lowest BCUT2D eigenvalue weighted by molar-refractivity contribution is 0.101. The zero-order valence-corrected chi connectivity index (χ0v) is 19.4. The number of fused-ring (bicyclic) bond motifs is 1. The van der Waals surface area contributed by atoms with E-state index >= 15 is 0 Å². The predicted molar refractivity (Wildman–Crippen MR) is 130 cm³/mol. The van der Waals surface area contributed by atoms with Gasteiger partial charge >= 0.3 is 0 Å². The van der Waals surface area contributed by atoms with Gasteiger partial charge in [-0.3, -0.25) is 4.68 Å². The van der Waals surface area contributed by atoms with Crippen LogP contribution in [0.5, 0.6) is 5.75 Å². The molecule has 0 bridgehead atoms. The summed E-state index contributed by atoms with van der Waals surface area (Å²) < 4.78 is 21.1. The first-order valence-electron chi connectivity index (χ1n) is 11.3. The molecule has 0 amide bonds. The Hall–Kier alpha value is -3.85. The van der Waals surface area contributed by atoms with Crippen molar-refractivity contribution in [2.24, 2.45) is 0 Å². The van der Waals surface area contributed by atoms with Crippen LogP contribution < -0.4 is 10.5 Å². The number of nitrogens with zero attached hydrogens (tertiary/aromatic N) is 5. The molecule has 2 aromatic carbocycles. The van der Waals surface area contributed by atoms with Crippen molar-refractivity contribution in [1.29, 1.82) is 0 Å². The van der Waals surface area contributed by atoms with Crippen LogP contribution in [-0.4, -0.2) is 44.6 Å². The second kappa shape index (κ2) is 7.59. The molecule has 6 rings (SSSR count). The molecule has 0 saturated carbocycles. The molecule has 0 atom stereocenters. The van der Waals surface area contributed by atoms with Gasteiger partial charge in [0.05, 0.1) is 30.5 Å². The van der Waals surface area contributed by atoms with Gasteiger partial charge in [0.1, 0.15) is 22.6 Å². The molecular weight excluding hydrogens is 432 g/mol. The van der Waals surface area contributed by atoms with Gasteiger partial charge in [-0.15, -0.1) is 0 Å². The first kappa shape index (κ1) is 20.7. The van der Waals surface area contributed by atoms with Crippen LogP contribution in [0.3, 0.4) is 0 Å². The summed E-state index contributed by atoms with van der Waals surface area (Å²) in [6.45, 7) is 6.23. The zero-order valence-electron chi connectivity index (χ0n) is 19.4. The number of imidazole rings is 1. The number of aromatic nitrogens is 5. The summed E-state index contributed by atoms with van der Waals surface area (Å²) in [7, 11) is 1.70. The van der Waals surface area contributed by atoms with Gasteiger partial charge in [-0.25, -0.2) is 4.98 Å². The van der Waals surface area contributed by atoms with E-state index in [0.717, 1.165) is 52.3 Å². The molecule has 3 aromatic heterocycles. The Balaban J connectivity index is 1.48. The average Bonchev–Trinajstić information content (AvgIpc) is 3.48. The number of ether oxygens (including phenoxy) is 2. The minimum Gasteiger partial charge on any atom is -0.491 e. The number of nitrogen functional groups attached to an aromatic ring is 1. The fraction of sp³-hybridized carbons (Fsp3) is 0.320. The van der Waals surface area contributed by atoms with Crippen molar-refractivity contribution in [1.82, 2.24) is 24.3 Å². The van der Waals surface area contributed by atoms with E-state index in [1.54, 1.807) is 7.11 Å². The monoisotopic (exact) mass is 458 g/mol. The number of nitrogens with two attached hydrogens (primary N) is 1. The Bertz CT molecular complexity index is 1530. The van der Waals surface area contributed by atoms with Crippen molar-refractivity contribution in [3.05, 3.63) is 42.7 Å². The smallest absolute Gasteiger partial charge is 0.292 e. The molecule has 9 heteroatoms. The second-order valence-corrected chi connectivity index (χ2v) is 9.28. The number of methoxy groups -OCH3 is 1. The van der Waals surface area contributed by atoms with Crippen molar-refractivity contribution >= 4 is 28.1 Å². The van der Waals surface area contributed by atoms with Gasteiger partial charge in [-0.2, -0.15) is 10.1 Å². The lowest BCUT2D eigenvalue weighted by Gasteiger charge is -2.24. The van der Waals surface area contributed by atoms with Gasteiger partial charge in [-0.05, 0) is 56.2 Å². The fourth-order valence-corrected chi connectivity index (χ4v) is 4.66. The van der Waals surface area contributed by atoms with Crippen molar-refractivity contribution in [3.8, 4) is 28.3 Å². The molecule has 0 spiro atoms. The summed E-state index contributed by atoms with van der Waals surface area (Å²) in [5.41, 5.74) is 11.7. The minimum atomic E-state index is -0.253. The molecule has 174 valence electrons. The lowest BCUT2D eigenvalue weighted by Crippen LogP contribution is -2.31. The lowest BCUT2D eigenvalue weighted by atomic mass is 10.1. The Morgan fingerprint density at radius 3 is 2.79 bits per heavy atom. The highest BCUT2D eigenvalue weighted by Gasteiger charge is 2.24. The molecule has 1 aliphatic rings. The van der Waals surface area contributed by atoms with Crippen molar-refractivity contribution < 1.29 is 13.9 Å². The van der Waals surface area contributed by atoms with Gasteiger partial charge in [0, 0.05) is 31.0 Å². The molecule has 9 nitrogen and oxygen atoms in total. The maximum absolute atomic E-state index is 6.17. The summed E-state index contributed by atoms with van der Waals surface area (Å²) in [5, 5.41) is 4.60. The fourth-order valence-electron chi connectivity index (χ4n) is 4.66. The number of rotatable bonds is 5. The normalized spacial score (nSPS) is 14.0.